The van der Waals surface area contributed by atoms with Crippen molar-refractivity contribution in [3.8, 4) is 0 Å². The fraction of sp³-hybridized carbons (Fsp3) is 0.562. The molecule has 4 unspecified atom stereocenters. The van der Waals surface area contributed by atoms with Gasteiger partial charge in [0.1, 0.15) is 6.10 Å². The van der Waals surface area contributed by atoms with Crippen LogP contribution in [0.4, 0.5) is 0 Å². The van der Waals surface area contributed by atoms with E-state index in [1.807, 2.05) is 56.0 Å². The quantitative estimate of drug-likeness (QED) is 0.918. The van der Waals surface area contributed by atoms with Crippen molar-refractivity contribution < 1.29 is 9.53 Å². The highest BCUT2D eigenvalue weighted by atomic mass is 16.5. The zero-order chi connectivity index (χ0) is 14.7. The minimum atomic E-state index is -0.160. The van der Waals surface area contributed by atoms with Gasteiger partial charge < -0.3 is 15.4 Å². The van der Waals surface area contributed by atoms with Crippen molar-refractivity contribution in [2.45, 2.75) is 39.0 Å². The van der Waals surface area contributed by atoms with Crippen molar-refractivity contribution in [1.29, 1.82) is 0 Å². The second-order valence-corrected chi connectivity index (χ2v) is 5.72. The Kier molecular flexibility index (Phi) is 4.78. The molecule has 4 heteroatoms. The van der Waals surface area contributed by atoms with Crippen LogP contribution in [-0.2, 0) is 9.53 Å². The third-order valence-corrected chi connectivity index (χ3v) is 4.07. The van der Waals surface area contributed by atoms with Gasteiger partial charge in [-0.3, -0.25) is 4.79 Å². The largest absolute Gasteiger partial charge is 0.370 e. The van der Waals surface area contributed by atoms with E-state index in [0.717, 1.165) is 5.56 Å². The first-order valence-corrected chi connectivity index (χ1v) is 7.23. The average Bonchev–Trinajstić information content (AvgIpc) is 2.47. The molecule has 0 aliphatic carbocycles. The van der Waals surface area contributed by atoms with E-state index in [2.05, 4.69) is 0 Å². The van der Waals surface area contributed by atoms with Gasteiger partial charge in [-0.15, -0.1) is 0 Å². The van der Waals surface area contributed by atoms with Crippen LogP contribution in [0.3, 0.4) is 0 Å². The Labute approximate surface area is 120 Å². The molecule has 0 saturated carbocycles. The Morgan fingerprint density at radius 3 is 2.60 bits per heavy atom. The predicted octanol–water partition coefficient (Wildman–Crippen LogP) is 1.96. The van der Waals surface area contributed by atoms with E-state index >= 15 is 0 Å². The van der Waals surface area contributed by atoms with E-state index in [9.17, 15) is 4.79 Å². The number of carbonyl (C=O) groups is 1. The van der Waals surface area contributed by atoms with Crippen molar-refractivity contribution in [3.63, 3.8) is 0 Å². The summed E-state index contributed by atoms with van der Waals surface area (Å²) < 4.78 is 5.87. The molecule has 2 N–H and O–H groups in total. The Morgan fingerprint density at radius 2 is 2.00 bits per heavy atom. The van der Waals surface area contributed by atoms with Crippen molar-refractivity contribution in [2.75, 3.05) is 13.2 Å². The van der Waals surface area contributed by atoms with Gasteiger partial charge >= 0.3 is 0 Å². The summed E-state index contributed by atoms with van der Waals surface area (Å²) in [6.45, 7) is 6.96. The molecule has 1 fully saturated rings. The van der Waals surface area contributed by atoms with Crippen LogP contribution in [0.1, 0.15) is 32.4 Å². The Bertz CT molecular complexity index is 447. The lowest BCUT2D eigenvalue weighted by atomic mass is 10.00. The lowest BCUT2D eigenvalue weighted by Crippen LogP contribution is -2.52. The van der Waals surface area contributed by atoms with Crippen LogP contribution in [-0.4, -0.2) is 36.0 Å². The summed E-state index contributed by atoms with van der Waals surface area (Å²) in [6, 6.07) is 10.0. The number of hydrogen-bond acceptors (Lipinski definition) is 3. The number of hydrogen-bond donors (Lipinski definition) is 1. The van der Waals surface area contributed by atoms with Gasteiger partial charge in [-0.1, -0.05) is 37.3 Å². The zero-order valence-electron chi connectivity index (χ0n) is 12.5. The van der Waals surface area contributed by atoms with Crippen molar-refractivity contribution in [3.05, 3.63) is 35.9 Å². The molecule has 110 valence electrons. The summed E-state index contributed by atoms with van der Waals surface area (Å²) in [5.74, 6) is -0.0382. The molecule has 1 heterocycles. The molecule has 4 nitrogen and oxygen atoms in total. The lowest BCUT2D eigenvalue weighted by molar-refractivity contribution is -0.148. The van der Waals surface area contributed by atoms with Crippen LogP contribution in [0.15, 0.2) is 30.3 Å². The molecule has 1 amide bonds. The number of morpholine rings is 1. The maximum Gasteiger partial charge on any atom is 0.227 e. The fourth-order valence-corrected chi connectivity index (χ4v) is 2.42. The van der Waals surface area contributed by atoms with Crippen LogP contribution < -0.4 is 5.73 Å². The Hall–Kier alpha value is -1.39. The molecule has 0 radical (unpaired) electrons. The zero-order valence-corrected chi connectivity index (χ0v) is 12.5. The number of rotatable bonds is 3. The number of nitrogens with two attached hydrogens (primary N) is 1. The van der Waals surface area contributed by atoms with Crippen LogP contribution >= 0.6 is 0 Å². The van der Waals surface area contributed by atoms with E-state index < -0.39 is 0 Å². The van der Waals surface area contributed by atoms with E-state index in [1.165, 1.54) is 0 Å². The van der Waals surface area contributed by atoms with Gasteiger partial charge in [-0.25, -0.2) is 0 Å². The predicted molar refractivity (Wildman–Crippen MR) is 79.1 cm³/mol. The second kappa shape index (κ2) is 6.37. The first-order valence-electron chi connectivity index (χ1n) is 7.23. The van der Waals surface area contributed by atoms with Crippen LogP contribution in [0.5, 0.6) is 0 Å². The summed E-state index contributed by atoms with van der Waals surface area (Å²) in [5.41, 5.74) is 6.97. The standard InChI is InChI=1S/C16H24N2O2/c1-11-10-20-15(14-7-5-4-6-8-14)9-18(11)16(19)12(2)13(3)17/h4-8,11-13,15H,9-10,17H2,1-3H3. The highest BCUT2D eigenvalue weighted by Crippen LogP contribution is 2.26. The molecule has 4 atom stereocenters. The Balaban J connectivity index is 2.11. The second-order valence-electron chi connectivity index (χ2n) is 5.72. The van der Waals surface area contributed by atoms with Crippen LogP contribution in [0.2, 0.25) is 0 Å². The number of benzene rings is 1. The number of nitrogens with zero attached hydrogens (tertiary/aromatic N) is 1. The molecule has 1 aromatic carbocycles. The fourth-order valence-electron chi connectivity index (χ4n) is 2.42. The molecule has 1 aliphatic heterocycles. The van der Waals surface area contributed by atoms with Gasteiger partial charge in [0, 0.05) is 6.04 Å². The lowest BCUT2D eigenvalue weighted by Gasteiger charge is -2.40. The first-order chi connectivity index (χ1) is 9.50. The summed E-state index contributed by atoms with van der Waals surface area (Å²) in [7, 11) is 0. The summed E-state index contributed by atoms with van der Waals surface area (Å²) in [4.78, 5) is 14.4. The normalized spacial score (nSPS) is 26.1. The topological polar surface area (TPSA) is 55.6 Å². The van der Waals surface area contributed by atoms with E-state index in [0.29, 0.717) is 13.2 Å². The maximum atomic E-state index is 12.5. The molecule has 1 aromatic rings. The van der Waals surface area contributed by atoms with Gasteiger partial charge in [0.2, 0.25) is 5.91 Å². The number of carbonyl (C=O) groups excluding carboxylic acids is 1. The molecule has 1 saturated heterocycles. The minimum Gasteiger partial charge on any atom is -0.370 e. The third kappa shape index (κ3) is 3.19. The summed E-state index contributed by atoms with van der Waals surface area (Å²) in [6.07, 6.45) is -0.0448. The van der Waals surface area contributed by atoms with E-state index in [-0.39, 0.29) is 30.0 Å². The van der Waals surface area contributed by atoms with Crippen molar-refractivity contribution in [1.82, 2.24) is 4.90 Å². The first kappa shape index (κ1) is 15.0. The van der Waals surface area contributed by atoms with Gasteiger partial charge in [-0.2, -0.15) is 0 Å². The Morgan fingerprint density at radius 1 is 1.35 bits per heavy atom. The molecule has 2 rings (SSSR count). The molecule has 0 bridgehead atoms. The number of amides is 1. The molecular weight excluding hydrogens is 252 g/mol. The number of ether oxygens (including phenoxy) is 1. The molecular formula is C16H24N2O2. The minimum absolute atomic E-state index is 0.0448. The smallest absolute Gasteiger partial charge is 0.227 e. The summed E-state index contributed by atoms with van der Waals surface area (Å²) >= 11 is 0. The highest BCUT2D eigenvalue weighted by Gasteiger charge is 2.33. The average molecular weight is 276 g/mol. The van der Waals surface area contributed by atoms with Crippen LogP contribution in [0.25, 0.3) is 0 Å². The summed E-state index contributed by atoms with van der Waals surface area (Å²) in [5, 5.41) is 0. The SMILES string of the molecule is CC(N)C(C)C(=O)N1CC(c2ccccc2)OCC1C. The van der Waals surface area contributed by atoms with Gasteiger partial charge in [0.15, 0.2) is 0 Å². The van der Waals surface area contributed by atoms with Crippen LogP contribution in [0, 0.1) is 5.92 Å². The monoisotopic (exact) mass is 276 g/mol. The maximum absolute atomic E-state index is 12.5. The van der Waals surface area contributed by atoms with Gasteiger partial charge in [-0.05, 0) is 19.4 Å². The molecule has 1 aliphatic rings. The molecule has 0 aromatic heterocycles. The molecule has 0 spiro atoms. The molecule has 20 heavy (non-hydrogen) atoms. The van der Waals surface area contributed by atoms with E-state index in [1.54, 1.807) is 0 Å². The highest BCUT2D eigenvalue weighted by molar-refractivity contribution is 5.79. The van der Waals surface area contributed by atoms with Gasteiger partial charge in [0.25, 0.3) is 0 Å². The van der Waals surface area contributed by atoms with Crippen molar-refractivity contribution >= 4 is 5.91 Å². The van der Waals surface area contributed by atoms with E-state index in [4.69, 9.17) is 10.5 Å². The van der Waals surface area contributed by atoms with Crippen molar-refractivity contribution in [2.24, 2.45) is 11.7 Å². The third-order valence-electron chi connectivity index (χ3n) is 4.07. The van der Waals surface area contributed by atoms with Gasteiger partial charge in [0.05, 0.1) is 25.1 Å².